The highest BCUT2D eigenvalue weighted by Gasteiger charge is 2.33. The Morgan fingerprint density at radius 1 is 1.16 bits per heavy atom. The minimum atomic E-state index is -3.66. The largest absolute Gasteiger partial charge is 0.486 e. The van der Waals surface area contributed by atoms with Crippen molar-refractivity contribution in [3.05, 3.63) is 30.5 Å². The summed E-state index contributed by atoms with van der Waals surface area (Å²) in [6, 6.07) is 6.47. The number of rotatable bonds is 7. The summed E-state index contributed by atoms with van der Waals surface area (Å²) < 4.78 is 40.3. The van der Waals surface area contributed by atoms with Crippen LogP contribution in [0.2, 0.25) is 0 Å². The molecule has 0 unspecified atom stereocenters. The Morgan fingerprint density at radius 2 is 1.90 bits per heavy atom. The Morgan fingerprint density at radius 3 is 2.65 bits per heavy atom. The highest BCUT2D eigenvalue weighted by molar-refractivity contribution is 7.89. The second-order valence-electron chi connectivity index (χ2n) is 7.77. The molecule has 1 amide bonds. The van der Waals surface area contributed by atoms with Gasteiger partial charge >= 0.3 is 0 Å². The molecule has 2 aliphatic rings. The molecule has 1 aromatic carbocycles. The molecule has 10 heteroatoms. The Kier molecular flexibility index (Phi) is 6.47. The maximum absolute atomic E-state index is 13.1. The zero-order valence-corrected chi connectivity index (χ0v) is 18.4. The Balaban J connectivity index is 1.37. The number of aryl methyl sites for hydroxylation is 1. The molecule has 1 saturated heterocycles. The van der Waals surface area contributed by atoms with Gasteiger partial charge in [0.2, 0.25) is 15.9 Å². The molecule has 0 bridgehead atoms. The molecule has 2 aliphatic heterocycles. The van der Waals surface area contributed by atoms with E-state index >= 15 is 0 Å². The summed E-state index contributed by atoms with van der Waals surface area (Å²) in [5, 5.41) is 7.21. The van der Waals surface area contributed by atoms with Crippen LogP contribution in [-0.2, 0) is 21.4 Å². The van der Waals surface area contributed by atoms with Crippen molar-refractivity contribution >= 4 is 21.7 Å². The average molecular weight is 449 g/mol. The van der Waals surface area contributed by atoms with Crippen LogP contribution < -0.4 is 14.8 Å². The number of hydrogen-bond acceptors (Lipinski definition) is 6. The van der Waals surface area contributed by atoms with E-state index in [4.69, 9.17) is 9.47 Å². The summed E-state index contributed by atoms with van der Waals surface area (Å²) in [6.45, 7) is 4.30. The van der Waals surface area contributed by atoms with E-state index in [0.717, 1.165) is 19.4 Å². The summed E-state index contributed by atoms with van der Waals surface area (Å²) >= 11 is 0. The molecule has 2 aromatic rings. The molecule has 1 fully saturated rings. The SMILES string of the molecule is CCCCn1nccc1NC(=O)C1CCN(S(=O)(=O)c2ccc3c(c2)OCCO3)CC1. The van der Waals surface area contributed by atoms with Crippen molar-refractivity contribution in [2.45, 2.75) is 44.0 Å². The molecule has 4 rings (SSSR count). The summed E-state index contributed by atoms with van der Waals surface area (Å²) in [4.78, 5) is 12.9. The van der Waals surface area contributed by atoms with Gasteiger partial charge in [0, 0.05) is 37.7 Å². The molecule has 1 N–H and O–H groups in total. The third-order valence-corrected chi connectivity index (χ3v) is 7.56. The fourth-order valence-corrected chi connectivity index (χ4v) is 5.33. The maximum Gasteiger partial charge on any atom is 0.243 e. The van der Waals surface area contributed by atoms with Crippen LogP contribution >= 0.6 is 0 Å². The van der Waals surface area contributed by atoms with E-state index in [1.165, 1.54) is 10.4 Å². The van der Waals surface area contributed by atoms with Crippen LogP contribution in [0.25, 0.3) is 0 Å². The minimum Gasteiger partial charge on any atom is -0.486 e. The average Bonchev–Trinajstić information content (AvgIpc) is 3.24. The van der Waals surface area contributed by atoms with Gasteiger partial charge < -0.3 is 14.8 Å². The number of benzene rings is 1. The first-order valence-electron chi connectivity index (χ1n) is 10.7. The van der Waals surface area contributed by atoms with Crippen molar-refractivity contribution in [1.29, 1.82) is 0 Å². The maximum atomic E-state index is 13.1. The molecule has 0 aliphatic carbocycles. The minimum absolute atomic E-state index is 0.0883. The molecule has 0 atom stereocenters. The van der Waals surface area contributed by atoms with Gasteiger partial charge in [-0.05, 0) is 31.4 Å². The predicted octanol–water partition coefficient (Wildman–Crippen LogP) is 2.49. The molecule has 3 heterocycles. The number of sulfonamides is 1. The van der Waals surface area contributed by atoms with E-state index in [0.29, 0.717) is 56.5 Å². The third-order valence-electron chi connectivity index (χ3n) is 5.67. The first-order valence-corrected chi connectivity index (χ1v) is 12.2. The molecule has 1 aromatic heterocycles. The van der Waals surface area contributed by atoms with Crippen LogP contribution in [0.15, 0.2) is 35.4 Å². The fraction of sp³-hybridized carbons (Fsp3) is 0.524. The number of amides is 1. The first-order chi connectivity index (χ1) is 15.0. The highest BCUT2D eigenvalue weighted by atomic mass is 32.2. The summed E-state index contributed by atoms with van der Waals surface area (Å²) in [5.74, 6) is 1.36. The molecule has 0 spiro atoms. The third kappa shape index (κ3) is 4.69. The molecule has 0 radical (unpaired) electrons. The Bertz CT molecular complexity index is 1030. The van der Waals surface area contributed by atoms with E-state index in [1.807, 2.05) is 0 Å². The smallest absolute Gasteiger partial charge is 0.243 e. The number of anilines is 1. The second kappa shape index (κ2) is 9.27. The van der Waals surface area contributed by atoms with E-state index in [-0.39, 0.29) is 16.7 Å². The van der Waals surface area contributed by atoms with E-state index in [1.54, 1.807) is 29.1 Å². The number of piperidine rings is 1. The Hall–Kier alpha value is -2.59. The normalized spacial score (nSPS) is 17.5. The van der Waals surface area contributed by atoms with Crippen molar-refractivity contribution in [2.75, 3.05) is 31.6 Å². The summed E-state index contributed by atoms with van der Waals surface area (Å²) in [7, 11) is -3.66. The van der Waals surface area contributed by atoms with Gasteiger partial charge in [-0.15, -0.1) is 0 Å². The van der Waals surface area contributed by atoms with Crippen molar-refractivity contribution in [1.82, 2.24) is 14.1 Å². The van der Waals surface area contributed by atoms with Gasteiger partial charge in [-0.1, -0.05) is 13.3 Å². The lowest BCUT2D eigenvalue weighted by Crippen LogP contribution is -2.41. The molecular weight excluding hydrogens is 420 g/mol. The Labute approximate surface area is 182 Å². The second-order valence-corrected chi connectivity index (χ2v) is 9.70. The quantitative estimate of drug-likeness (QED) is 0.698. The highest BCUT2D eigenvalue weighted by Crippen LogP contribution is 2.34. The number of aromatic nitrogens is 2. The van der Waals surface area contributed by atoms with Crippen molar-refractivity contribution < 1.29 is 22.7 Å². The number of fused-ring (bicyclic) bond motifs is 1. The van der Waals surface area contributed by atoms with Gasteiger partial charge in [0.25, 0.3) is 0 Å². The van der Waals surface area contributed by atoms with Crippen molar-refractivity contribution in [3.8, 4) is 11.5 Å². The van der Waals surface area contributed by atoms with Gasteiger partial charge in [-0.3, -0.25) is 4.79 Å². The number of carbonyl (C=O) groups is 1. The van der Waals surface area contributed by atoms with Gasteiger partial charge in [0.1, 0.15) is 19.0 Å². The zero-order valence-electron chi connectivity index (χ0n) is 17.6. The van der Waals surface area contributed by atoms with Gasteiger partial charge in [-0.25, -0.2) is 13.1 Å². The topological polar surface area (TPSA) is 103 Å². The summed E-state index contributed by atoms with van der Waals surface area (Å²) in [5.41, 5.74) is 0. The monoisotopic (exact) mass is 448 g/mol. The van der Waals surface area contributed by atoms with Crippen LogP contribution in [0.3, 0.4) is 0 Å². The molecule has 168 valence electrons. The van der Waals surface area contributed by atoms with E-state index < -0.39 is 10.0 Å². The van der Waals surface area contributed by atoms with Gasteiger partial charge in [0.05, 0.1) is 11.1 Å². The molecule has 0 saturated carbocycles. The number of ether oxygens (including phenoxy) is 2. The number of carbonyl (C=O) groups excluding carboxylic acids is 1. The zero-order chi connectivity index (χ0) is 21.8. The lowest BCUT2D eigenvalue weighted by Gasteiger charge is -2.30. The van der Waals surface area contributed by atoms with Crippen LogP contribution in [0.1, 0.15) is 32.6 Å². The van der Waals surface area contributed by atoms with Crippen LogP contribution in [0.4, 0.5) is 5.82 Å². The van der Waals surface area contributed by atoms with Crippen molar-refractivity contribution in [3.63, 3.8) is 0 Å². The number of unbranched alkanes of at least 4 members (excludes halogenated alkanes) is 1. The lowest BCUT2D eigenvalue weighted by atomic mass is 9.97. The van der Waals surface area contributed by atoms with Crippen LogP contribution in [0.5, 0.6) is 11.5 Å². The van der Waals surface area contributed by atoms with Gasteiger partial charge in [0.15, 0.2) is 11.5 Å². The standard InChI is InChI=1S/C21H28N4O5S/c1-2-3-10-25-20(6-9-22-25)23-21(26)16-7-11-24(12-8-16)31(27,28)17-4-5-18-19(15-17)30-14-13-29-18/h4-6,9,15-16H,2-3,7-8,10-14H2,1H3,(H,23,26). The lowest BCUT2D eigenvalue weighted by molar-refractivity contribution is -0.121. The van der Waals surface area contributed by atoms with Crippen LogP contribution in [-0.4, -0.2) is 54.7 Å². The van der Waals surface area contributed by atoms with E-state index in [2.05, 4.69) is 17.3 Å². The number of hydrogen-bond donors (Lipinski definition) is 1. The molecule has 31 heavy (non-hydrogen) atoms. The van der Waals surface area contributed by atoms with E-state index in [9.17, 15) is 13.2 Å². The van der Waals surface area contributed by atoms with Crippen molar-refractivity contribution in [2.24, 2.45) is 5.92 Å². The molecule has 9 nitrogen and oxygen atoms in total. The van der Waals surface area contributed by atoms with Gasteiger partial charge in [-0.2, -0.15) is 9.40 Å². The molecular formula is C21H28N4O5S. The number of nitrogens with zero attached hydrogens (tertiary/aromatic N) is 3. The number of nitrogens with one attached hydrogen (secondary N) is 1. The fourth-order valence-electron chi connectivity index (χ4n) is 3.84. The van der Waals surface area contributed by atoms with Crippen LogP contribution in [0, 0.1) is 5.92 Å². The summed E-state index contributed by atoms with van der Waals surface area (Å²) in [6.07, 6.45) is 4.65. The predicted molar refractivity (Wildman–Crippen MR) is 115 cm³/mol. The first kappa shape index (κ1) is 21.6.